The number of aromatic nitrogens is 2. The molecule has 1 aromatic heterocycles. The Morgan fingerprint density at radius 2 is 1.95 bits per heavy atom. The monoisotopic (exact) mass is 275 g/mol. The predicted molar refractivity (Wildman–Crippen MR) is 78.9 cm³/mol. The molecule has 1 aromatic carbocycles. The maximum absolute atomic E-state index is 6.10. The second-order valence-corrected chi connectivity index (χ2v) is 5.02. The number of hydrogen-bond acceptors (Lipinski definition) is 4. The minimum Gasteiger partial charge on any atom is -0.497 e. The van der Waals surface area contributed by atoms with E-state index in [1.807, 2.05) is 18.2 Å². The highest BCUT2D eigenvalue weighted by atomic mass is 16.5. The van der Waals surface area contributed by atoms with E-state index in [4.69, 9.17) is 15.2 Å². The molecule has 5 nitrogen and oxygen atoms in total. The Kier molecular flexibility index (Phi) is 4.29. The highest BCUT2D eigenvalue weighted by Crippen LogP contribution is 2.32. The summed E-state index contributed by atoms with van der Waals surface area (Å²) >= 11 is 0. The van der Waals surface area contributed by atoms with Gasteiger partial charge in [0.05, 0.1) is 32.2 Å². The molecule has 0 aliphatic heterocycles. The van der Waals surface area contributed by atoms with Gasteiger partial charge in [-0.05, 0) is 18.1 Å². The van der Waals surface area contributed by atoms with Gasteiger partial charge in [-0.1, -0.05) is 13.8 Å². The van der Waals surface area contributed by atoms with Gasteiger partial charge in [0.1, 0.15) is 17.3 Å². The highest BCUT2D eigenvalue weighted by Gasteiger charge is 2.16. The van der Waals surface area contributed by atoms with Crippen LogP contribution < -0.4 is 15.2 Å². The molecule has 0 bridgehead atoms. The lowest BCUT2D eigenvalue weighted by atomic mass is 10.1. The Hall–Kier alpha value is -2.01. The zero-order chi connectivity index (χ0) is 14.7. The van der Waals surface area contributed by atoms with Crippen molar-refractivity contribution in [2.45, 2.75) is 19.9 Å². The lowest BCUT2D eigenvalue weighted by molar-refractivity contribution is 0.395. The molecule has 0 amide bonds. The zero-order valence-electron chi connectivity index (χ0n) is 12.3. The third-order valence-electron chi connectivity index (χ3n) is 3.33. The van der Waals surface area contributed by atoms with E-state index in [2.05, 4.69) is 23.8 Å². The van der Waals surface area contributed by atoms with Crippen LogP contribution in [-0.2, 0) is 0 Å². The molecule has 1 unspecified atom stereocenters. The van der Waals surface area contributed by atoms with Gasteiger partial charge in [0.25, 0.3) is 0 Å². The molecule has 0 saturated carbocycles. The van der Waals surface area contributed by atoms with Gasteiger partial charge in [-0.25, -0.2) is 4.98 Å². The SMILES string of the molecule is COc1ccc(-c2cnc(C(N)C(C)C)[nH]2)c(OC)c1. The fraction of sp³-hybridized carbons (Fsp3) is 0.400. The number of H-pyrrole nitrogens is 1. The summed E-state index contributed by atoms with van der Waals surface area (Å²) in [5, 5.41) is 0. The Labute approximate surface area is 119 Å². The topological polar surface area (TPSA) is 73.2 Å². The Bertz CT molecular complexity index is 578. The molecule has 2 rings (SSSR count). The Morgan fingerprint density at radius 1 is 1.20 bits per heavy atom. The number of ether oxygens (including phenoxy) is 2. The first kappa shape index (κ1) is 14.4. The number of benzene rings is 1. The summed E-state index contributed by atoms with van der Waals surface area (Å²) in [6.45, 7) is 4.14. The number of nitrogens with one attached hydrogen (secondary N) is 1. The number of nitrogens with zero attached hydrogens (tertiary/aromatic N) is 1. The first-order valence-corrected chi connectivity index (χ1v) is 6.59. The van der Waals surface area contributed by atoms with Gasteiger partial charge in [-0.2, -0.15) is 0 Å². The lowest BCUT2D eigenvalue weighted by Gasteiger charge is -2.12. The van der Waals surface area contributed by atoms with E-state index in [1.54, 1.807) is 20.4 Å². The molecule has 5 heteroatoms. The van der Waals surface area contributed by atoms with Crippen molar-refractivity contribution in [1.29, 1.82) is 0 Å². The van der Waals surface area contributed by atoms with Gasteiger partial charge in [0.15, 0.2) is 0 Å². The molecule has 2 aromatic rings. The maximum atomic E-state index is 6.10. The summed E-state index contributed by atoms with van der Waals surface area (Å²) in [6.07, 6.45) is 1.78. The van der Waals surface area contributed by atoms with Gasteiger partial charge >= 0.3 is 0 Å². The molecular formula is C15H21N3O2. The standard InChI is InChI=1S/C15H21N3O2/c1-9(2)14(16)15-17-8-12(18-15)11-6-5-10(19-3)7-13(11)20-4/h5-9,14H,16H2,1-4H3,(H,17,18). The summed E-state index contributed by atoms with van der Waals surface area (Å²) in [5.41, 5.74) is 7.92. The van der Waals surface area contributed by atoms with Gasteiger partial charge in [0.2, 0.25) is 0 Å². The van der Waals surface area contributed by atoms with E-state index < -0.39 is 0 Å². The van der Waals surface area contributed by atoms with E-state index in [0.29, 0.717) is 5.92 Å². The molecule has 108 valence electrons. The third kappa shape index (κ3) is 2.77. The van der Waals surface area contributed by atoms with Crippen LogP contribution >= 0.6 is 0 Å². The number of imidazole rings is 1. The van der Waals surface area contributed by atoms with Crippen molar-refractivity contribution in [2.24, 2.45) is 11.7 Å². The lowest BCUT2D eigenvalue weighted by Crippen LogP contribution is -2.18. The van der Waals surface area contributed by atoms with Crippen molar-refractivity contribution in [3.8, 4) is 22.8 Å². The van der Waals surface area contributed by atoms with Crippen LogP contribution in [0.5, 0.6) is 11.5 Å². The quantitative estimate of drug-likeness (QED) is 0.880. The van der Waals surface area contributed by atoms with Gasteiger partial charge in [-0.3, -0.25) is 0 Å². The van der Waals surface area contributed by atoms with Crippen LogP contribution in [0.2, 0.25) is 0 Å². The summed E-state index contributed by atoms with van der Waals surface area (Å²) in [5.74, 6) is 2.60. The van der Waals surface area contributed by atoms with Crippen molar-refractivity contribution in [1.82, 2.24) is 9.97 Å². The first-order chi connectivity index (χ1) is 9.56. The largest absolute Gasteiger partial charge is 0.497 e. The van der Waals surface area contributed by atoms with Crippen LogP contribution in [0.4, 0.5) is 0 Å². The van der Waals surface area contributed by atoms with E-state index in [0.717, 1.165) is 28.6 Å². The molecule has 1 atom stereocenters. The second kappa shape index (κ2) is 5.96. The molecule has 0 fully saturated rings. The summed E-state index contributed by atoms with van der Waals surface area (Å²) in [6, 6.07) is 5.57. The third-order valence-corrected chi connectivity index (χ3v) is 3.33. The van der Waals surface area contributed by atoms with Crippen molar-refractivity contribution >= 4 is 0 Å². The highest BCUT2D eigenvalue weighted by molar-refractivity contribution is 5.68. The van der Waals surface area contributed by atoms with E-state index in [9.17, 15) is 0 Å². The Morgan fingerprint density at radius 3 is 2.55 bits per heavy atom. The smallest absolute Gasteiger partial charge is 0.131 e. The van der Waals surface area contributed by atoms with Gasteiger partial charge < -0.3 is 20.2 Å². The van der Waals surface area contributed by atoms with Crippen LogP contribution in [0.25, 0.3) is 11.3 Å². The minimum atomic E-state index is -0.104. The molecular weight excluding hydrogens is 254 g/mol. The second-order valence-electron chi connectivity index (χ2n) is 5.02. The number of aromatic amines is 1. The van der Waals surface area contributed by atoms with Crippen molar-refractivity contribution in [3.05, 3.63) is 30.2 Å². The molecule has 0 aliphatic rings. The van der Waals surface area contributed by atoms with Crippen LogP contribution in [0.1, 0.15) is 25.7 Å². The number of rotatable bonds is 5. The first-order valence-electron chi connectivity index (χ1n) is 6.59. The van der Waals surface area contributed by atoms with Gasteiger partial charge in [0, 0.05) is 11.6 Å². The predicted octanol–water partition coefficient (Wildman–Crippen LogP) is 2.75. The number of nitrogens with two attached hydrogens (primary N) is 1. The maximum Gasteiger partial charge on any atom is 0.131 e. The number of hydrogen-bond donors (Lipinski definition) is 2. The average Bonchev–Trinajstić information content (AvgIpc) is 2.95. The fourth-order valence-corrected chi connectivity index (χ4v) is 1.98. The van der Waals surface area contributed by atoms with Crippen molar-refractivity contribution in [2.75, 3.05) is 14.2 Å². The van der Waals surface area contributed by atoms with Gasteiger partial charge in [-0.15, -0.1) is 0 Å². The molecule has 0 saturated heterocycles. The Balaban J connectivity index is 2.37. The van der Waals surface area contributed by atoms with E-state index in [1.165, 1.54) is 0 Å². The van der Waals surface area contributed by atoms with E-state index >= 15 is 0 Å². The zero-order valence-corrected chi connectivity index (χ0v) is 12.3. The molecule has 20 heavy (non-hydrogen) atoms. The minimum absolute atomic E-state index is 0.104. The molecule has 0 radical (unpaired) electrons. The number of methoxy groups -OCH3 is 2. The fourth-order valence-electron chi connectivity index (χ4n) is 1.98. The summed E-state index contributed by atoms with van der Waals surface area (Å²) in [7, 11) is 3.26. The van der Waals surface area contributed by atoms with Crippen molar-refractivity contribution in [3.63, 3.8) is 0 Å². The van der Waals surface area contributed by atoms with Crippen LogP contribution in [0.3, 0.4) is 0 Å². The molecule has 0 spiro atoms. The average molecular weight is 275 g/mol. The molecule has 1 heterocycles. The van der Waals surface area contributed by atoms with Crippen LogP contribution in [-0.4, -0.2) is 24.2 Å². The van der Waals surface area contributed by atoms with E-state index in [-0.39, 0.29) is 6.04 Å². The normalized spacial score (nSPS) is 12.5. The molecule has 0 aliphatic carbocycles. The van der Waals surface area contributed by atoms with Crippen LogP contribution in [0.15, 0.2) is 24.4 Å². The van der Waals surface area contributed by atoms with Crippen molar-refractivity contribution < 1.29 is 9.47 Å². The van der Waals surface area contributed by atoms with Crippen LogP contribution in [0, 0.1) is 5.92 Å². The molecule has 3 N–H and O–H groups in total. The summed E-state index contributed by atoms with van der Waals surface area (Å²) < 4.78 is 10.6. The summed E-state index contributed by atoms with van der Waals surface area (Å²) in [4.78, 5) is 7.63.